The van der Waals surface area contributed by atoms with E-state index in [0.717, 1.165) is 0 Å². The van der Waals surface area contributed by atoms with Crippen LogP contribution in [0.1, 0.15) is 20.8 Å². The summed E-state index contributed by atoms with van der Waals surface area (Å²) in [7, 11) is 0. The van der Waals surface area contributed by atoms with E-state index < -0.39 is 0 Å². The number of pyridine rings is 2. The molecule has 0 aromatic carbocycles. The van der Waals surface area contributed by atoms with Crippen LogP contribution in [0.2, 0.25) is 0 Å². The molecule has 146 valence electrons. The molecule has 3 aromatic rings. The molecule has 0 radical (unpaired) electrons. The Bertz CT molecular complexity index is 990. The SMILES string of the molecule is O=C(Nc1ccccn1)c1cncc(N2CCN(C(=O)c3cccnc3)CC2)n1. The standard InChI is InChI=1S/C20H19N7O2/c28-19(25-17-5-1-2-7-23-17)16-13-22-14-18(24-16)26-8-10-27(11-9-26)20(29)15-4-3-6-21-12-15/h1-7,12-14H,8-11H2,(H,23,25,28). The van der Waals surface area contributed by atoms with E-state index in [-0.39, 0.29) is 17.5 Å². The van der Waals surface area contributed by atoms with Crippen LogP contribution in [0, 0.1) is 0 Å². The summed E-state index contributed by atoms with van der Waals surface area (Å²) in [6, 6.07) is 8.77. The average Bonchev–Trinajstić information content (AvgIpc) is 2.80. The van der Waals surface area contributed by atoms with Crippen molar-refractivity contribution in [1.29, 1.82) is 0 Å². The Kier molecular flexibility index (Phi) is 5.37. The van der Waals surface area contributed by atoms with Crippen molar-refractivity contribution in [3.63, 3.8) is 0 Å². The highest BCUT2D eigenvalue weighted by molar-refractivity contribution is 6.02. The van der Waals surface area contributed by atoms with Gasteiger partial charge in [0, 0.05) is 44.8 Å². The van der Waals surface area contributed by atoms with Gasteiger partial charge in [-0.1, -0.05) is 6.07 Å². The number of aromatic nitrogens is 4. The maximum atomic E-state index is 12.5. The van der Waals surface area contributed by atoms with E-state index in [9.17, 15) is 9.59 Å². The number of nitrogens with zero attached hydrogens (tertiary/aromatic N) is 6. The van der Waals surface area contributed by atoms with E-state index in [4.69, 9.17) is 0 Å². The first-order valence-electron chi connectivity index (χ1n) is 9.19. The molecular formula is C20H19N7O2. The van der Waals surface area contributed by atoms with Crippen molar-refractivity contribution in [1.82, 2.24) is 24.8 Å². The third-order valence-corrected chi connectivity index (χ3v) is 4.56. The van der Waals surface area contributed by atoms with Crippen molar-refractivity contribution < 1.29 is 9.59 Å². The lowest BCUT2D eigenvalue weighted by atomic mass is 10.2. The molecule has 29 heavy (non-hydrogen) atoms. The van der Waals surface area contributed by atoms with Gasteiger partial charge in [0.2, 0.25) is 0 Å². The minimum atomic E-state index is -0.372. The lowest BCUT2D eigenvalue weighted by Gasteiger charge is -2.35. The zero-order valence-corrected chi connectivity index (χ0v) is 15.6. The fourth-order valence-electron chi connectivity index (χ4n) is 3.04. The molecule has 0 atom stereocenters. The Morgan fingerprint density at radius 1 is 0.897 bits per heavy atom. The predicted molar refractivity (Wildman–Crippen MR) is 107 cm³/mol. The van der Waals surface area contributed by atoms with E-state index >= 15 is 0 Å². The highest BCUT2D eigenvalue weighted by atomic mass is 16.2. The zero-order valence-electron chi connectivity index (χ0n) is 15.6. The van der Waals surface area contributed by atoms with E-state index in [0.29, 0.717) is 43.4 Å². The van der Waals surface area contributed by atoms with Crippen LogP contribution in [0.5, 0.6) is 0 Å². The van der Waals surface area contributed by atoms with Crippen molar-refractivity contribution >= 4 is 23.5 Å². The fraction of sp³-hybridized carbons (Fsp3) is 0.200. The smallest absolute Gasteiger partial charge is 0.277 e. The van der Waals surface area contributed by atoms with Crippen LogP contribution in [0.4, 0.5) is 11.6 Å². The summed E-state index contributed by atoms with van der Waals surface area (Å²) in [5.41, 5.74) is 0.788. The molecule has 2 amide bonds. The van der Waals surface area contributed by atoms with Crippen molar-refractivity contribution in [3.05, 3.63) is 72.6 Å². The van der Waals surface area contributed by atoms with Crippen LogP contribution in [-0.2, 0) is 0 Å². The lowest BCUT2D eigenvalue weighted by molar-refractivity contribution is 0.0746. The molecule has 4 rings (SSSR count). The molecule has 0 aliphatic carbocycles. The fourth-order valence-corrected chi connectivity index (χ4v) is 3.04. The van der Waals surface area contributed by atoms with Crippen molar-refractivity contribution in [2.45, 2.75) is 0 Å². The lowest BCUT2D eigenvalue weighted by Crippen LogP contribution is -2.49. The molecule has 1 aliphatic rings. The quantitative estimate of drug-likeness (QED) is 0.721. The molecule has 4 heterocycles. The van der Waals surface area contributed by atoms with Gasteiger partial charge in [-0.2, -0.15) is 0 Å². The minimum absolute atomic E-state index is 0.0349. The van der Waals surface area contributed by atoms with Crippen LogP contribution >= 0.6 is 0 Å². The highest BCUT2D eigenvalue weighted by Crippen LogP contribution is 2.15. The molecule has 1 N–H and O–H groups in total. The summed E-state index contributed by atoms with van der Waals surface area (Å²) >= 11 is 0. The number of nitrogens with one attached hydrogen (secondary N) is 1. The van der Waals surface area contributed by atoms with Gasteiger partial charge in [0.1, 0.15) is 17.3 Å². The Morgan fingerprint density at radius 3 is 2.48 bits per heavy atom. The van der Waals surface area contributed by atoms with Gasteiger partial charge in [0.15, 0.2) is 0 Å². The molecular weight excluding hydrogens is 370 g/mol. The molecule has 0 bridgehead atoms. The first-order valence-corrected chi connectivity index (χ1v) is 9.19. The topological polar surface area (TPSA) is 104 Å². The van der Waals surface area contributed by atoms with Gasteiger partial charge in [-0.3, -0.25) is 19.6 Å². The molecule has 1 aliphatic heterocycles. The normalized spacial score (nSPS) is 13.8. The number of hydrogen-bond acceptors (Lipinski definition) is 7. The van der Waals surface area contributed by atoms with Gasteiger partial charge >= 0.3 is 0 Å². The molecule has 9 heteroatoms. The van der Waals surface area contributed by atoms with E-state index in [1.807, 2.05) is 4.90 Å². The summed E-state index contributed by atoms with van der Waals surface area (Å²) in [5, 5.41) is 2.70. The second-order valence-corrected chi connectivity index (χ2v) is 6.45. The van der Waals surface area contributed by atoms with Gasteiger partial charge in [-0.15, -0.1) is 0 Å². The number of piperazine rings is 1. The first-order chi connectivity index (χ1) is 14.2. The van der Waals surface area contributed by atoms with E-state index in [2.05, 4.69) is 25.3 Å². The highest BCUT2D eigenvalue weighted by Gasteiger charge is 2.23. The first kappa shape index (κ1) is 18.5. The van der Waals surface area contributed by atoms with Gasteiger partial charge in [0.25, 0.3) is 11.8 Å². The summed E-state index contributed by atoms with van der Waals surface area (Å²) < 4.78 is 0. The molecule has 0 unspecified atom stereocenters. The molecule has 9 nitrogen and oxygen atoms in total. The Balaban J connectivity index is 1.39. The third-order valence-electron chi connectivity index (χ3n) is 4.56. The maximum absolute atomic E-state index is 12.5. The van der Waals surface area contributed by atoms with E-state index in [1.54, 1.807) is 60.0 Å². The van der Waals surface area contributed by atoms with E-state index in [1.165, 1.54) is 6.20 Å². The molecule has 3 aromatic heterocycles. The second kappa shape index (κ2) is 8.42. The Labute approximate surface area is 167 Å². The van der Waals surface area contributed by atoms with Gasteiger partial charge in [0.05, 0.1) is 18.0 Å². The molecule has 0 spiro atoms. The van der Waals surface area contributed by atoms with Gasteiger partial charge in [-0.25, -0.2) is 9.97 Å². The van der Waals surface area contributed by atoms with Crippen LogP contribution in [0.15, 0.2) is 61.3 Å². The second-order valence-electron chi connectivity index (χ2n) is 6.45. The summed E-state index contributed by atoms with van der Waals surface area (Å²) in [6.07, 6.45) is 7.86. The average molecular weight is 389 g/mol. The summed E-state index contributed by atoms with van der Waals surface area (Å²) in [6.45, 7) is 2.32. The predicted octanol–water partition coefficient (Wildman–Crippen LogP) is 1.48. The summed E-state index contributed by atoms with van der Waals surface area (Å²) in [4.78, 5) is 45.4. The number of anilines is 2. The third kappa shape index (κ3) is 4.34. The van der Waals surface area contributed by atoms with Crippen LogP contribution in [-0.4, -0.2) is 62.8 Å². The molecule has 1 saturated heterocycles. The van der Waals surface area contributed by atoms with Crippen molar-refractivity contribution in [2.24, 2.45) is 0 Å². The molecule has 0 saturated carbocycles. The van der Waals surface area contributed by atoms with Gasteiger partial charge < -0.3 is 15.1 Å². The summed E-state index contributed by atoms with van der Waals surface area (Å²) in [5.74, 6) is 0.648. The zero-order chi connectivity index (χ0) is 20.1. The number of carbonyl (C=O) groups excluding carboxylic acids is 2. The van der Waals surface area contributed by atoms with Gasteiger partial charge in [-0.05, 0) is 24.3 Å². The minimum Gasteiger partial charge on any atom is -0.352 e. The maximum Gasteiger partial charge on any atom is 0.277 e. The Morgan fingerprint density at radius 2 is 1.76 bits per heavy atom. The van der Waals surface area contributed by atoms with Crippen LogP contribution < -0.4 is 10.2 Å². The van der Waals surface area contributed by atoms with Crippen LogP contribution in [0.25, 0.3) is 0 Å². The Hall–Kier alpha value is -3.88. The van der Waals surface area contributed by atoms with Crippen molar-refractivity contribution in [3.8, 4) is 0 Å². The number of rotatable bonds is 4. The number of carbonyl (C=O) groups is 2. The molecule has 1 fully saturated rings. The van der Waals surface area contributed by atoms with Crippen LogP contribution in [0.3, 0.4) is 0 Å². The monoisotopic (exact) mass is 389 g/mol. The number of hydrogen-bond donors (Lipinski definition) is 1. The van der Waals surface area contributed by atoms with Crippen molar-refractivity contribution in [2.75, 3.05) is 36.4 Å². The largest absolute Gasteiger partial charge is 0.352 e. The number of amides is 2.